The normalized spacial score (nSPS) is 20.2. The molecule has 1 aromatic rings. The second-order valence-corrected chi connectivity index (χ2v) is 5.14. The number of hydrogen-bond donors (Lipinski definition) is 0. The molecule has 0 saturated heterocycles. The lowest BCUT2D eigenvalue weighted by atomic mass is 10.0. The maximum Gasteiger partial charge on any atom is 0.0827 e. The molecule has 88 valence electrons. The summed E-state index contributed by atoms with van der Waals surface area (Å²) in [6.45, 7) is 0.865. The van der Waals surface area contributed by atoms with E-state index in [-0.39, 0.29) is 0 Å². The summed E-state index contributed by atoms with van der Waals surface area (Å²) in [7, 11) is 0. The van der Waals surface area contributed by atoms with Crippen molar-refractivity contribution in [3.63, 3.8) is 0 Å². The highest BCUT2D eigenvalue weighted by molar-refractivity contribution is 9.09. The van der Waals surface area contributed by atoms with Crippen molar-refractivity contribution in [1.82, 2.24) is 0 Å². The second kappa shape index (κ2) is 6.41. The molecular weight excluding hydrogens is 264 g/mol. The number of rotatable bonds is 4. The number of aryl methyl sites for hydroxylation is 1. The van der Waals surface area contributed by atoms with Crippen LogP contribution in [0.5, 0.6) is 0 Å². The highest BCUT2D eigenvalue weighted by atomic mass is 79.9. The highest BCUT2D eigenvalue weighted by Crippen LogP contribution is 2.31. The summed E-state index contributed by atoms with van der Waals surface area (Å²) in [5, 5.41) is 1.03. The van der Waals surface area contributed by atoms with Crippen LogP contribution in [0.2, 0.25) is 0 Å². The Morgan fingerprint density at radius 1 is 1.25 bits per heavy atom. The zero-order chi connectivity index (χ0) is 11.2. The standard InChI is InChI=1S/C14H19BrO/c15-10-5-11-16-14-9-4-2-7-12-6-1-3-8-13(12)14/h1,3,6,8,14H,2,4-5,7,9-11H2. The van der Waals surface area contributed by atoms with Crippen LogP contribution in [0.25, 0.3) is 0 Å². The van der Waals surface area contributed by atoms with Gasteiger partial charge in [-0.2, -0.15) is 0 Å². The number of ether oxygens (including phenoxy) is 1. The molecule has 2 heteroatoms. The van der Waals surface area contributed by atoms with Gasteiger partial charge < -0.3 is 4.74 Å². The number of alkyl halides is 1. The maximum absolute atomic E-state index is 6.00. The summed E-state index contributed by atoms with van der Waals surface area (Å²) in [4.78, 5) is 0. The lowest BCUT2D eigenvalue weighted by Gasteiger charge is -2.18. The average Bonchev–Trinajstić information content (AvgIpc) is 2.52. The van der Waals surface area contributed by atoms with Crippen LogP contribution in [0.15, 0.2) is 24.3 Å². The summed E-state index contributed by atoms with van der Waals surface area (Å²) >= 11 is 3.44. The lowest BCUT2D eigenvalue weighted by Crippen LogP contribution is -2.06. The van der Waals surface area contributed by atoms with E-state index < -0.39 is 0 Å². The Balaban J connectivity index is 2.06. The first kappa shape index (κ1) is 12.1. The Morgan fingerprint density at radius 2 is 2.12 bits per heavy atom. The number of hydrogen-bond acceptors (Lipinski definition) is 1. The van der Waals surface area contributed by atoms with Gasteiger partial charge in [-0.05, 0) is 36.8 Å². The van der Waals surface area contributed by atoms with Crippen LogP contribution in [0.4, 0.5) is 0 Å². The van der Waals surface area contributed by atoms with Gasteiger partial charge in [-0.1, -0.05) is 46.6 Å². The Kier molecular flexibility index (Phi) is 4.86. The molecule has 0 bridgehead atoms. The zero-order valence-corrected chi connectivity index (χ0v) is 11.2. The van der Waals surface area contributed by atoms with Gasteiger partial charge in [-0.25, -0.2) is 0 Å². The first-order valence-electron chi connectivity index (χ1n) is 6.17. The van der Waals surface area contributed by atoms with Gasteiger partial charge in [0.25, 0.3) is 0 Å². The first-order valence-corrected chi connectivity index (χ1v) is 7.29. The minimum atomic E-state index is 0.331. The van der Waals surface area contributed by atoms with Crippen LogP contribution in [0.1, 0.15) is 42.9 Å². The van der Waals surface area contributed by atoms with E-state index in [4.69, 9.17) is 4.74 Å². The molecule has 0 N–H and O–H groups in total. The van der Waals surface area contributed by atoms with Crippen LogP contribution < -0.4 is 0 Å². The molecule has 0 spiro atoms. The Hall–Kier alpha value is -0.340. The molecule has 16 heavy (non-hydrogen) atoms. The summed E-state index contributed by atoms with van der Waals surface area (Å²) in [6.07, 6.45) is 6.41. The predicted octanol–water partition coefficient (Wildman–Crippen LogP) is 4.26. The first-order chi connectivity index (χ1) is 7.92. The van der Waals surface area contributed by atoms with Crippen molar-refractivity contribution in [2.45, 2.75) is 38.2 Å². The fourth-order valence-electron chi connectivity index (χ4n) is 2.33. The van der Waals surface area contributed by atoms with Gasteiger partial charge in [0.15, 0.2) is 0 Å². The quantitative estimate of drug-likeness (QED) is 0.456. The monoisotopic (exact) mass is 282 g/mol. The fourth-order valence-corrected chi connectivity index (χ4v) is 2.56. The van der Waals surface area contributed by atoms with Gasteiger partial charge in [0.05, 0.1) is 6.10 Å². The van der Waals surface area contributed by atoms with Crippen molar-refractivity contribution in [3.05, 3.63) is 35.4 Å². The summed E-state index contributed by atoms with van der Waals surface area (Å²) in [5.41, 5.74) is 2.92. The van der Waals surface area contributed by atoms with E-state index in [9.17, 15) is 0 Å². The number of halogens is 1. The van der Waals surface area contributed by atoms with Gasteiger partial charge in [0, 0.05) is 11.9 Å². The van der Waals surface area contributed by atoms with Crippen molar-refractivity contribution in [2.75, 3.05) is 11.9 Å². The predicted molar refractivity (Wildman–Crippen MR) is 71.1 cm³/mol. The van der Waals surface area contributed by atoms with E-state index in [1.807, 2.05) is 0 Å². The molecule has 1 aromatic carbocycles. The molecule has 1 aliphatic carbocycles. The molecule has 0 radical (unpaired) electrons. The van der Waals surface area contributed by atoms with Gasteiger partial charge in [-0.15, -0.1) is 0 Å². The third-order valence-corrected chi connectivity index (χ3v) is 3.72. The Morgan fingerprint density at radius 3 is 3.00 bits per heavy atom. The molecule has 2 rings (SSSR count). The molecule has 1 unspecified atom stereocenters. The van der Waals surface area contributed by atoms with Crippen molar-refractivity contribution in [1.29, 1.82) is 0 Å². The molecule has 0 fully saturated rings. The summed E-state index contributed by atoms with van der Waals surface area (Å²) in [5.74, 6) is 0. The largest absolute Gasteiger partial charge is 0.373 e. The molecule has 0 heterocycles. The molecular formula is C14H19BrO. The van der Waals surface area contributed by atoms with E-state index in [0.29, 0.717) is 6.10 Å². The minimum absolute atomic E-state index is 0.331. The highest BCUT2D eigenvalue weighted by Gasteiger charge is 2.18. The van der Waals surface area contributed by atoms with Crippen LogP contribution in [0.3, 0.4) is 0 Å². The molecule has 0 amide bonds. The lowest BCUT2D eigenvalue weighted by molar-refractivity contribution is 0.0473. The minimum Gasteiger partial charge on any atom is -0.373 e. The van der Waals surface area contributed by atoms with Crippen molar-refractivity contribution in [2.24, 2.45) is 0 Å². The van der Waals surface area contributed by atoms with E-state index in [1.54, 1.807) is 0 Å². The van der Waals surface area contributed by atoms with E-state index >= 15 is 0 Å². The van der Waals surface area contributed by atoms with Crippen LogP contribution in [-0.2, 0) is 11.2 Å². The van der Waals surface area contributed by atoms with Crippen molar-refractivity contribution < 1.29 is 4.74 Å². The smallest absolute Gasteiger partial charge is 0.0827 e. The van der Waals surface area contributed by atoms with Gasteiger partial charge in [-0.3, -0.25) is 0 Å². The molecule has 1 aliphatic rings. The third kappa shape index (κ3) is 3.08. The molecule has 0 aliphatic heterocycles. The van der Waals surface area contributed by atoms with E-state index in [2.05, 4.69) is 40.2 Å². The Labute approximate surface area is 106 Å². The average molecular weight is 283 g/mol. The van der Waals surface area contributed by atoms with Gasteiger partial charge >= 0.3 is 0 Å². The summed E-state index contributed by atoms with van der Waals surface area (Å²) in [6, 6.07) is 8.76. The van der Waals surface area contributed by atoms with Crippen molar-refractivity contribution >= 4 is 15.9 Å². The van der Waals surface area contributed by atoms with E-state index in [1.165, 1.54) is 36.8 Å². The maximum atomic E-state index is 6.00. The summed E-state index contributed by atoms with van der Waals surface area (Å²) < 4.78 is 6.00. The molecule has 0 aromatic heterocycles. The molecule has 1 nitrogen and oxygen atoms in total. The fraction of sp³-hybridized carbons (Fsp3) is 0.571. The van der Waals surface area contributed by atoms with E-state index in [0.717, 1.165) is 18.4 Å². The van der Waals surface area contributed by atoms with Gasteiger partial charge in [0.1, 0.15) is 0 Å². The second-order valence-electron chi connectivity index (χ2n) is 4.35. The van der Waals surface area contributed by atoms with Crippen molar-refractivity contribution in [3.8, 4) is 0 Å². The topological polar surface area (TPSA) is 9.23 Å². The number of fused-ring (bicyclic) bond motifs is 1. The van der Waals surface area contributed by atoms with Crippen LogP contribution >= 0.6 is 15.9 Å². The third-order valence-electron chi connectivity index (χ3n) is 3.16. The molecule has 1 atom stereocenters. The molecule has 0 saturated carbocycles. The van der Waals surface area contributed by atoms with Crippen LogP contribution in [0, 0.1) is 0 Å². The zero-order valence-electron chi connectivity index (χ0n) is 9.62. The van der Waals surface area contributed by atoms with Gasteiger partial charge in [0.2, 0.25) is 0 Å². The van der Waals surface area contributed by atoms with Crippen LogP contribution in [-0.4, -0.2) is 11.9 Å². The Bertz CT molecular complexity index is 324. The number of benzene rings is 1. The SMILES string of the molecule is BrCCCOC1CCCCc2ccccc21.